The third kappa shape index (κ3) is 2.94. The van der Waals surface area contributed by atoms with Crippen molar-refractivity contribution >= 4 is 11.1 Å². The Morgan fingerprint density at radius 1 is 1.17 bits per heavy atom. The summed E-state index contributed by atoms with van der Waals surface area (Å²) >= 11 is 0. The van der Waals surface area contributed by atoms with Crippen molar-refractivity contribution in [1.82, 2.24) is 9.88 Å². The first-order chi connectivity index (χ1) is 11.7. The van der Waals surface area contributed by atoms with Gasteiger partial charge in [0.25, 0.3) is 0 Å². The molecule has 0 saturated carbocycles. The number of fused-ring (bicyclic) bond motifs is 1. The van der Waals surface area contributed by atoms with Crippen molar-refractivity contribution < 1.29 is 8.81 Å². The highest BCUT2D eigenvalue weighted by atomic mass is 19.1. The molecule has 2 aromatic carbocycles. The molecule has 124 valence electrons. The molecule has 1 aromatic heterocycles. The van der Waals surface area contributed by atoms with E-state index in [0.717, 1.165) is 48.5 Å². The van der Waals surface area contributed by atoms with Crippen LogP contribution >= 0.6 is 0 Å². The van der Waals surface area contributed by atoms with E-state index in [1.165, 1.54) is 12.1 Å². The molecular weight excluding hydrogens is 303 g/mol. The van der Waals surface area contributed by atoms with Crippen LogP contribution in [0.1, 0.15) is 43.2 Å². The topological polar surface area (TPSA) is 29.3 Å². The number of likely N-dealkylation sites (tertiary alicyclic amines) is 1. The number of aromatic nitrogens is 1. The Balaban J connectivity index is 1.53. The summed E-state index contributed by atoms with van der Waals surface area (Å²) in [6.07, 6.45) is 2.22. The number of hydrogen-bond donors (Lipinski definition) is 0. The molecule has 4 rings (SSSR count). The Bertz CT molecular complexity index is 794. The predicted molar refractivity (Wildman–Crippen MR) is 92.4 cm³/mol. The molecule has 4 heteroatoms. The zero-order valence-electron chi connectivity index (χ0n) is 13.8. The summed E-state index contributed by atoms with van der Waals surface area (Å²) in [6, 6.07) is 15.0. The van der Waals surface area contributed by atoms with Gasteiger partial charge in [-0.1, -0.05) is 24.3 Å². The van der Waals surface area contributed by atoms with Crippen LogP contribution in [-0.2, 0) is 0 Å². The minimum atomic E-state index is -0.186. The minimum Gasteiger partial charge on any atom is -0.440 e. The lowest BCUT2D eigenvalue weighted by atomic mass is 9.95. The van der Waals surface area contributed by atoms with Crippen LogP contribution in [0, 0.1) is 5.82 Å². The normalized spacial score (nSPS) is 20.3. The maximum absolute atomic E-state index is 13.1. The monoisotopic (exact) mass is 324 g/mol. The highest BCUT2D eigenvalue weighted by Crippen LogP contribution is 2.33. The van der Waals surface area contributed by atoms with E-state index >= 15 is 0 Å². The predicted octanol–water partition coefficient (Wildman–Crippen LogP) is 4.91. The van der Waals surface area contributed by atoms with Gasteiger partial charge in [0.2, 0.25) is 0 Å². The highest BCUT2D eigenvalue weighted by Gasteiger charge is 2.28. The number of hydrogen-bond acceptors (Lipinski definition) is 3. The Morgan fingerprint density at radius 3 is 2.75 bits per heavy atom. The van der Waals surface area contributed by atoms with Crippen LogP contribution in [0.2, 0.25) is 0 Å². The second-order valence-corrected chi connectivity index (χ2v) is 6.58. The van der Waals surface area contributed by atoms with Crippen LogP contribution in [0.15, 0.2) is 52.9 Å². The number of benzene rings is 2. The van der Waals surface area contributed by atoms with Crippen molar-refractivity contribution in [3.63, 3.8) is 0 Å². The first-order valence-electron chi connectivity index (χ1n) is 8.56. The molecule has 1 aliphatic rings. The quantitative estimate of drug-likeness (QED) is 0.685. The molecule has 2 atom stereocenters. The van der Waals surface area contributed by atoms with Crippen molar-refractivity contribution in [1.29, 1.82) is 0 Å². The van der Waals surface area contributed by atoms with Crippen LogP contribution in [0.3, 0.4) is 0 Å². The molecule has 1 fully saturated rings. The van der Waals surface area contributed by atoms with E-state index in [1.807, 2.05) is 36.4 Å². The van der Waals surface area contributed by atoms with Gasteiger partial charge in [-0.2, -0.15) is 0 Å². The fourth-order valence-corrected chi connectivity index (χ4v) is 3.58. The van der Waals surface area contributed by atoms with Gasteiger partial charge >= 0.3 is 0 Å². The van der Waals surface area contributed by atoms with Crippen LogP contribution in [-0.4, -0.2) is 23.0 Å². The van der Waals surface area contributed by atoms with E-state index < -0.39 is 0 Å². The van der Waals surface area contributed by atoms with Gasteiger partial charge in [0.15, 0.2) is 11.5 Å². The molecule has 0 N–H and O–H groups in total. The Hall–Kier alpha value is -2.20. The molecule has 3 nitrogen and oxygen atoms in total. The molecule has 0 spiro atoms. The number of oxazole rings is 1. The molecule has 0 aliphatic carbocycles. The van der Waals surface area contributed by atoms with E-state index in [4.69, 9.17) is 4.42 Å². The van der Waals surface area contributed by atoms with Gasteiger partial charge in [0, 0.05) is 18.5 Å². The van der Waals surface area contributed by atoms with E-state index in [0.29, 0.717) is 5.92 Å². The second kappa shape index (κ2) is 6.36. The third-order valence-electron chi connectivity index (χ3n) is 5.01. The molecule has 0 amide bonds. The first-order valence-corrected chi connectivity index (χ1v) is 8.56. The molecular formula is C20H21FN2O. The molecule has 24 heavy (non-hydrogen) atoms. The third-order valence-corrected chi connectivity index (χ3v) is 5.01. The molecule has 1 saturated heterocycles. The van der Waals surface area contributed by atoms with E-state index in [9.17, 15) is 4.39 Å². The van der Waals surface area contributed by atoms with Crippen molar-refractivity contribution in [3.05, 3.63) is 65.8 Å². The van der Waals surface area contributed by atoms with Crippen LogP contribution in [0.5, 0.6) is 0 Å². The van der Waals surface area contributed by atoms with Gasteiger partial charge in [0.1, 0.15) is 11.3 Å². The largest absolute Gasteiger partial charge is 0.440 e. The van der Waals surface area contributed by atoms with Crippen LogP contribution in [0.4, 0.5) is 4.39 Å². The van der Waals surface area contributed by atoms with Gasteiger partial charge < -0.3 is 4.42 Å². The fourth-order valence-electron chi connectivity index (χ4n) is 3.58. The van der Waals surface area contributed by atoms with Crippen LogP contribution < -0.4 is 0 Å². The summed E-state index contributed by atoms with van der Waals surface area (Å²) in [7, 11) is 0. The number of nitrogens with zero attached hydrogens (tertiary/aromatic N) is 2. The highest BCUT2D eigenvalue weighted by molar-refractivity contribution is 5.72. The standard InChI is InChI=1S/C20H21FN2O/c1-14(15-8-10-17(21)11-9-15)23-12-4-5-16(13-23)20-22-18-6-2-3-7-19(18)24-20/h2-3,6-11,14,16H,4-5,12-13H2,1H3/t14-,16+/m1/s1. The zero-order valence-corrected chi connectivity index (χ0v) is 13.8. The Labute approximate surface area is 141 Å². The van der Waals surface area contributed by atoms with E-state index in [2.05, 4.69) is 16.8 Å². The number of piperidine rings is 1. The molecule has 1 aliphatic heterocycles. The van der Waals surface area contributed by atoms with E-state index in [-0.39, 0.29) is 11.9 Å². The Morgan fingerprint density at radius 2 is 1.96 bits per heavy atom. The van der Waals surface area contributed by atoms with E-state index in [1.54, 1.807) is 0 Å². The second-order valence-electron chi connectivity index (χ2n) is 6.58. The van der Waals surface area contributed by atoms with Crippen molar-refractivity contribution in [2.24, 2.45) is 0 Å². The van der Waals surface area contributed by atoms with Gasteiger partial charge in [-0.3, -0.25) is 4.90 Å². The summed E-state index contributed by atoms with van der Waals surface area (Å²) < 4.78 is 19.1. The maximum Gasteiger partial charge on any atom is 0.199 e. The first kappa shape index (κ1) is 15.3. The molecule has 3 aromatic rings. The zero-order chi connectivity index (χ0) is 16.5. The average Bonchev–Trinajstić information content (AvgIpc) is 3.06. The van der Waals surface area contributed by atoms with Gasteiger partial charge in [-0.15, -0.1) is 0 Å². The summed E-state index contributed by atoms with van der Waals surface area (Å²) in [5.41, 5.74) is 2.93. The fraction of sp³-hybridized carbons (Fsp3) is 0.350. The smallest absolute Gasteiger partial charge is 0.199 e. The number of halogens is 1. The average molecular weight is 324 g/mol. The minimum absolute atomic E-state index is 0.186. The SMILES string of the molecule is C[C@H](c1ccc(F)cc1)N1CCC[C@H](c2nc3ccccc3o2)C1. The lowest BCUT2D eigenvalue weighted by Crippen LogP contribution is -2.36. The molecule has 0 unspecified atom stereocenters. The van der Waals surface area contributed by atoms with Crippen molar-refractivity contribution in [2.75, 3.05) is 13.1 Å². The summed E-state index contributed by atoms with van der Waals surface area (Å²) in [4.78, 5) is 7.11. The maximum atomic E-state index is 13.1. The van der Waals surface area contributed by atoms with Gasteiger partial charge in [-0.05, 0) is 56.1 Å². The molecule has 2 heterocycles. The van der Waals surface area contributed by atoms with Crippen molar-refractivity contribution in [3.8, 4) is 0 Å². The van der Waals surface area contributed by atoms with Gasteiger partial charge in [-0.25, -0.2) is 9.37 Å². The lowest BCUT2D eigenvalue weighted by molar-refractivity contribution is 0.149. The van der Waals surface area contributed by atoms with Crippen molar-refractivity contribution in [2.45, 2.75) is 31.7 Å². The Kier molecular flexibility index (Phi) is 4.07. The number of para-hydroxylation sites is 2. The lowest BCUT2D eigenvalue weighted by Gasteiger charge is -2.36. The van der Waals surface area contributed by atoms with Gasteiger partial charge in [0.05, 0.1) is 0 Å². The molecule has 0 bridgehead atoms. The summed E-state index contributed by atoms with van der Waals surface area (Å²) in [5, 5.41) is 0. The summed E-state index contributed by atoms with van der Waals surface area (Å²) in [6.45, 7) is 4.16. The number of rotatable bonds is 3. The molecule has 0 radical (unpaired) electrons. The van der Waals surface area contributed by atoms with Crippen LogP contribution in [0.25, 0.3) is 11.1 Å². The summed E-state index contributed by atoms with van der Waals surface area (Å²) in [5.74, 6) is 0.968.